The molecule has 1 unspecified atom stereocenters. The van der Waals surface area contributed by atoms with E-state index in [0.717, 1.165) is 44.7 Å². The summed E-state index contributed by atoms with van der Waals surface area (Å²) in [6, 6.07) is 5.13. The van der Waals surface area contributed by atoms with Crippen LogP contribution in [0.5, 0.6) is 5.75 Å². The van der Waals surface area contributed by atoms with Gasteiger partial charge < -0.3 is 9.47 Å². The van der Waals surface area contributed by atoms with Crippen LogP contribution < -0.4 is 4.74 Å². The number of hydrogen-bond donors (Lipinski definition) is 0. The van der Waals surface area contributed by atoms with Crippen LogP contribution in [0, 0.1) is 10.1 Å². The van der Waals surface area contributed by atoms with Crippen LogP contribution in [0.4, 0.5) is 5.69 Å². The molecule has 0 aromatic heterocycles. The number of hydrogen-bond acceptors (Lipinski definition) is 6. The third kappa shape index (κ3) is 2.72. The molecule has 0 radical (unpaired) electrons. The molecule has 3 heterocycles. The fourth-order valence-corrected chi connectivity index (χ4v) is 4.08. The predicted molar refractivity (Wildman–Crippen MR) is 93.6 cm³/mol. The van der Waals surface area contributed by atoms with Crippen LogP contribution in [0.25, 0.3) is 6.08 Å². The minimum absolute atomic E-state index is 0.0401. The van der Waals surface area contributed by atoms with E-state index < -0.39 is 5.72 Å². The van der Waals surface area contributed by atoms with Crippen LogP contribution in [-0.4, -0.2) is 66.4 Å². The Morgan fingerprint density at radius 2 is 2.08 bits per heavy atom. The Labute approximate surface area is 147 Å². The van der Waals surface area contributed by atoms with E-state index in [9.17, 15) is 10.1 Å². The molecule has 0 saturated carbocycles. The first-order valence-corrected chi connectivity index (χ1v) is 8.86. The van der Waals surface area contributed by atoms with Crippen LogP contribution >= 0.6 is 0 Å². The van der Waals surface area contributed by atoms with E-state index >= 15 is 0 Å². The number of likely N-dealkylation sites (N-methyl/N-ethyl adjacent to an activating group) is 1. The molecule has 2 saturated heterocycles. The Bertz CT molecular complexity index is 714. The Kier molecular flexibility index (Phi) is 4.23. The van der Waals surface area contributed by atoms with Crippen molar-refractivity contribution in [1.29, 1.82) is 0 Å². The normalized spacial score (nSPS) is 27.0. The van der Waals surface area contributed by atoms with E-state index in [1.165, 1.54) is 11.6 Å². The highest BCUT2D eigenvalue weighted by Crippen LogP contribution is 2.46. The molecular formula is C18H23N3O4. The van der Waals surface area contributed by atoms with E-state index in [1.807, 2.05) is 6.07 Å². The van der Waals surface area contributed by atoms with Crippen molar-refractivity contribution in [3.63, 3.8) is 0 Å². The van der Waals surface area contributed by atoms with Gasteiger partial charge in [0.2, 0.25) is 5.75 Å². The number of benzene rings is 1. The Morgan fingerprint density at radius 1 is 1.28 bits per heavy atom. The summed E-state index contributed by atoms with van der Waals surface area (Å²) in [5.74, 6) is 0.396. The third-order valence-electron chi connectivity index (χ3n) is 5.45. The lowest BCUT2D eigenvalue weighted by Crippen LogP contribution is -2.63. The van der Waals surface area contributed by atoms with Gasteiger partial charge in [-0.2, -0.15) is 0 Å². The Hall–Kier alpha value is -1.96. The summed E-state index contributed by atoms with van der Waals surface area (Å²) in [6.45, 7) is 7.78. The van der Waals surface area contributed by atoms with Crippen molar-refractivity contribution in [3.8, 4) is 5.75 Å². The molecule has 0 aliphatic carbocycles. The summed E-state index contributed by atoms with van der Waals surface area (Å²) in [7, 11) is 0. The van der Waals surface area contributed by atoms with Gasteiger partial charge in [-0.05, 0) is 12.6 Å². The molecule has 7 nitrogen and oxygen atoms in total. The monoisotopic (exact) mass is 345 g/mol. The third-order valence-corrected chi connectivity index (χ3v) is 5.45. The van der Waals surface area contributed by atoms with Crippen LogP contribution in [0.3, 0.4) is 0 Å². The number of nitrogens with zero attached hydrogens (tertiary/aromatic N) is 3. The Morgan fingerprint density at radius 3 is 2.80 bits per heavy atom. The zero-order valence-corrected chi connectivity index (χ0v) is 14.4. The number of nitro groups is 1. The van der Waals surface area contributed by atoms with Gasteiger partial charge in [-0.15, -0.1) is 0 Å². The summed E-state index contributed by atoms with van der Waals surface area (Å²) in [5.41, 5.74) is 1.44. The minimum Gasteiger partial charge on any atom is -0.461 e. The molecule has 1 atom stereocenters. The Balaban J connectivity index is 1.80. The summed E-state index contributed by atoms with van der Waals surface area (Å²) in [6.07, 6.45) is 2.90. The number of nitro benzene ring substituents is 1. The second kappa shape index (κ2) is 6.40. The topological polar surface area (TPSA) is 68.1 Å². The van der Waals surface area contributed by atoms with Crippen LogP contribution in [0.2, 0.25) is 0 Å². The standard InChI is InChI=1S/C18H23N3O4/c1-2-19-7-6-18(20-8-10-24-11-9-20)15(13-19)12-14-4-3-5-16(21(22)23)17(14)25-18/h3-5,12H,2,6-11,13H2,1H3. The lowest BCUT2D eigenvalue weighted by Gasteiger charge is -2.52. The van der Waals surface area contributed by atoms with Crippen molar-refractivity contribution >= 4 is 11.8 Å². The number of rotatable bonds is 3. The molecule has 3 aliphatic heterocycles. The average Bonchev–Trinajstić information content (AvgIpc) is 2.65. The molecular weight excluding hydrogens is 322 g/mol. The molecule has 4 rings (SSSR count). The number of piperidine rings is 1. The maximum atomic E-state index is 11.5. The van der Waals surface area contributed by atoms with Gasteiger partial charge >= 0.3 is 5.69 Å². The predicted octanol–water partition coefficient (Wildman–Crippen LogP) is 2.12. The highest BCUT2D eigenvalue weighted by atomic mass is 16.6. The molecule has 2 fully saturated rings. The van der Waals surface area contributed by atoms with Crippen molar-refractivity contribution in [2.45, 2.75) is 19.1 Å². The quantitative estimate of drug-likeness (QED) is 0.617. The zero-order chi connectivity index (χ0) is 17.4. The van der Waals surface area contributed by atoms with Gasteiger partial charge in [-0.3, -0.25) is 19.9 Å². The smallest absolute Gasteiger partial charge is 0.311 e. The summed E-state index contributed by atoms with van der Waals surface area (Å²) >= 11 is 0. The lowest BCUT2D eigenvalue weighted by atomic mass is 9.87. The molecule has 0 spiro atoms. The fourth-order valence-electron chi connectivity index (χ4n) is 4.08. The van der Waals surface area contributed by atoms with Gasteiger partial charge in [-0.1, -0.05) is 19.1 Å². The van der Waals surface area contributed by atoms with E-state index in [1.54, 1.807) is 6.07 Å². The van der Waals surface area contributed by atoms with E-state index in [2.05, 4.69) is 22.8 Å². The minimum atomic E-state index is -0.589. The van der Waals surface area contributed by atoms with Crippen molar-refractivity contribution in [2.75, 3.05) is 45.9 Å². The van der Waals surface area contributed by atoms with Crippen LogP contribution in [0.1, 0.15) is 18.9 Å². The maximum Gasteiger partial charge on any atom is 0.311 e. The van der Waals surface area contributed by atoms with Crippen LogP contribution in [0.15, 0.2) is 23.8 Å². The second-order valence-corrected chi connectivity index (χ2v) is 6.73. The van der Waals surface area contributed by atoms with Crippen molar-refractivity contribution < 1.29 is 14.4 Å². The van der Waals surface area contributed by atoms with Crippen molar-refractivity contribution in [3.05, 3.63) is 39.4 Å². The summed E-state index contributed by atoms with van der Waals surface area (Å²) < 4.78 is 12.0. The average molecular weight is 345 g/mol. The highest BCUT2D eigenvalue weighted by Gasteiger charge is 2.49. The number of likely N-dealkylation sites (tertiary alicyclic amines) is 1. The molecule has 0 N–H and O–H groups in total. The van der Waals surface area contributed by atoms with Gasteiger partial charge in [0.05, 0.1) is 18.1 Å². The van der Waals surface area contributed by atoms with Crippen LogP contribution in [-0.2, 0) is 4.74 Å². The van der Waals surface area contributed by atoms with Gasteiger partial charge in [0.1, 0.15) is 0 Å². The molecule has 0 bridgehead atoms. The van der Waals surface area contributed by atoms with Crippen molar-refractivity contribution in [1.82, 2.24) is 9.80 Å². The van der Waals surface area contributed by atoms with Gasteiger partial charge in [0.25, 0.3) is 0 Å². The van der Waals surface area contributed by atoms with E-state index in [0.29, 0.717) is 19.0 Å². The maximum absolute atomic E-state index is 11.5. The number of fused-ring (bicyclic) bond motifs is 2. The first-order chi connectivity index (χ1) is 12.1. The fraction of sp³-hybridized carbons (Fsp3) is 0.556. The SMILES string of the molecule is CCN1CCC2(N3CCOCC3)Oc3c(cccc3[N+](=O)[O-])C=C2C1. The van der Waals surface area contributed by atoms with Gasteiger partial charge in [0, 0.05) is 49.8 Å². The number of ether oxygens (including phenoxy) is 2. The molecule has 134 valence electrons. The number of para-hydroxylation sites is 1. The first kappa shape index (κ1) is 16.5. The zero-order valence-electron chi connectivity index (χ0n) is 14.4. The van der Waals surface area contributed by atoms with Gasteiger partial charge in [-0.25, -0.2) is 0 Å². The largest absolute Gasteiger partial charge is 0.461 e. The molecule has 1 aromatic carbocycles. The van der Waals surface area contributed by atoms with Crippen molar-refractivity contribution in [2.24, 2.45) is 0 Å². The molecule has 25 heavy (non-hydrogen) atoms. The molecule has 0 amide bonds. The molecule has 3 aliphatic rings. The first-order valence-electron chi connectivity index (χ1n) is 8.86. The second-order valence-electron chi connectivity index (χ2n) is 6.73. The summed E-state index contributed by atoms with van der Waals surface area (Å²) in [4.78, 5) is 15.8. The van der Waals surface area contributed by atoms with E-state index in [4.69, 9.17) is 9.47 Å². The van der Waals surface area contributed by atoms with Gasteiger partial charge in [0.15, 0.2) is 5.72 Å². The molecule has 7 heteroatoms. The molecule has 1 aromatic rings. The summed E-state index contributed by atoms with van der Waals surface area (Å²) in [5, 5.41) is 11.5. The highest BCUT2D eigenvalue weighted by molar-refractivity contribution is 5.70. The number of morpholine rings is 1. The lowest BCUT2D eigenvalue weighted by molar-refractivity contribution is -0.386. The van der Waals surface area contributed by atoms with E-state index in [-0.39, 0.29) is 10.6 Å².